The SMILES string of the molecule is CC.CCSC1CCC(N)C1. The minimum Gasteiger partial charge on any atom is -0.328 e. The molecule has 1 aliphatic rings. The van der Waals surface area contributed by atoms with E-state index >= 15 is 0 Å². The molecule has 0 spiro atoms. The molecule has 0 saturated heterocycles. The molecular formula is C9H21NS. The van der Waals surface area contributed by atoms with Crippen LogP contribution in [0.5, 0.6) is 0 Å². The normalized spacial score (nSPS) is 29.5. The molecule has 1 rings (SSSR count). The monoisotopic (exact) mass is 175 g/mol. The summed E-state index contributed by atoms with van der Waals surface area (Å²) in [7, 11) is 0. The van der Waals surface area contributed by atoms with Gasteiger partial charge < -0.3 is 5.73 Å². The van der Waals surface area contributed by atoms with Crippen LogP contribution < -0.4 is 5.73 Å². The van der Waals surface area contributed by atoms with E-state index in [4.69, 9.17) is 5.73 Å². The Hall–Kier alpha value is 0.310. The first-order chi connectivity index (χ1) is 5.33. The molecule has 1 aliphatic carbocycles. The standard InChI is InChI=1S/C7H15NS.C2H6/c1-2-9-7-4-3-6(8)5-7;1-2/h6-7H,2-5,8H2,1H3;1-2H3. The van der Waals surface area contributed by atoms with Crippen LogP contribution in [0.3, 0.4) is 0 Å². The van der Waals surface area contributed by atoms with Gasteiger partial charge in [-0.2, -0.15) is 11.8 Å². The number of thioether (sulfide) groups is 1. The molecule has 0 aromatic heterocycles. The molecule has 1 nitrogen and oxygen atoms in total. The van der Waals surface area contributed by atoms with E-state index in [2.05, 4.69) is 18.7 Å². The Labute approximate surface area is 75.1 Å². The van der Waals surface area contributed by atoms with Gasteiger partial charge in [0.2, 0.25) is 0 Å². The van der Waals surface area contributed by atoms with E-state index in [1.807, 2.05) is 13.8 Å². The maximum Gasteiger partial charge on any atom is 0.00622 e. The summed E-state index contributed by atoms with van der Waals surface area (Å²) in [6.45, 7) is 6.22. The Morgan fingerprint density at radius 1 is 1.36 bits per heavy atom. The highest BCUT2D eigenvalue weighted by Crippen LogP contribution is 2.28. The van der Waals surface area contributed by atoms with Crippen molar-refractivity contribution in [2.24, 2.45) is 5.73 Å². The van der Waals surface area contributed by atoms with Crippen molar-refractivity contribution in [3.05, 3.63) is 0 Å². The van der Waals surface area contributed by atoms with Crippen LogP contribution in [0.4, 0.5) is 0 Å². The van der Waals surface area contributed by atoms with E-state index in [0.717, 1.165) is 5.25 Å². The molecule has 1 saturated carbocycles. The van der Waals surface area contributed by atoms with Crippen LogP contribution >= 0.6 is 11.8 Å². The average molecular weight is 175 g/mol. The fourth-order valence-electron chi connectivity index (χ4n) is 1.36. The van der Waals surface area contributed by atoms with Crippen molar-refractivity contribution in [2.75, 3.05) is 5.75 Å². The molecular weight excluding hydrogens is 154 g/mol. The Bertz CT molecular complexity index is 83.6. The Morgan fingerprint density at radius 2 is 2.00 bits per heavy atom. The summed E-state index contributed by atoms with van der Waals surface area (Å²) < 4.78 is 0. The second-order valence-corrected chi connectivity index (χ2v) is 4.23. The van der Waals surface area contributed by atoms with E-state index in [1.165, 1.54) is 25.0 Å². The lowest BCUT2D eigenvalue weighted by Crippen LogP contribution is -2.15. The smallest absolute Gasteiger partial charge is 0.00622 e. The molecule has 11 heavy (non-hydrogen) atoms. The van der Waals surface area contributed by atoms with Gasteiger partial charge in [-0.05, 0) is 25.0 Å². The molecule has 0 bridgehead atoms. The van der Waals surface area contributed by atoms with Gasteiger partial charge in [0.25, 0.3) is 0 Å². The first-order valence-corrected chi connectivity index (χ1v) is 5.75. The third-order valence-corrected chi connectivity index (χ3v) is 3.06. The minimum absolute atomic E-state index is 0.508. The van der Waals surface area contributed by atoms with Gasteiger partial charge in [0.1, 0.15) is 0 Å². The van der Waals surface area contributed by atoms with Gasteiger partial charge in [-0.15, -0.1) is 0 Å². The lowest BCUT2D eigenvalue weighted by Gasteiger charge is -2.05. The zero-order valence-electron chi connectivity index (χ0n) is 7.97. The number of nitrogens with two attached hydrogens (primary N) is 1. The quantitative estimate of drug-likeness (QED) is 0.698. The van der Waals surface area contributed by atoms with E-state index in [1.54, 1.807) is 0 Å². The van der Waals surface area contributed by atoms with Crippen molar-refractivity contribution in [2.45, 2.75) is 51.3 Å². The van der Waals surface area contributed by atoms with Crippen molar-refractivity contribution in [3.8, 4) is 0 Å². The molecule has 0 amide bonds. The van der Waals surface area contributed by atoms with Gasteiger partial charge in [-0.3, -0.25) is 0 Å². The summed E-state index contributed by atoms with van der Waals surface area (Å²) in [6.07, 6.45) is 3.84. The molecule has 2 N–H and O–H groups in total. The molecule has 0 aromatic rings. The van der Waals surface area contributed by atoms with Gasteiger partial charge in [-0.25, -0.2) is 0 Å². The first kappa shape index (κ1) is 11.3. The Morgan fingerprint density at radius 3 is 2.36 bits per heavy atom. The number of rotatable bonds is 2. The second kappa shape index (κ2) is 6.99. The summed E-state index contributed by atoms with van der Waals surface area (Å²) in [4.78, 5) is 0. The van der Waals surface area contributed by atoms with Crippen LogP contribution in [0, 0.1) is 0 Å². The molecule has 2 atom stereocenters. The maximum absolute atomic E-state index is 5.74. The summed E-state index contributed by atoms with van der Waals surface area (Å²) in [5.41, 5.74) is 5.74. The molecule has 1 fully saturated rings. The van der Waals surface area contributed by atoms with Gasteiger partial charge in [0, 0.05) is 11.3 Å². The highest BCUT2D eigenvalue weighted by molar-refractivity contribution is 7.99. The van der Waals surface area contributed by atoms with Crippen LogP contribution in [0.15, 0.2) is 0 Å². The van der Waals surface area contributed by atoms with E-state index < -0.39 is 0 Å². The topological polar surface area (TPSA) is 26.0 Å². The zero-order valence-corrected chi connectivity index (χ0v) is 8.79. The van der Waals surface area contributed by atoms with Crippen molar-refractivity contribution < 1.29 is 0 Å². The zero-order chi connectivity index (χ0) is 8.69. The van der Waals surface area contributed by atoms with Crippen LogP contribution in [0.1, 0.15) is 40.0 Å². The largest absolute Gasteiger partial charge is 0.328 e. The van der Waals surface area contributed by atoms with Crippen LogP contribution in [0.2, 0.25) is 0 Å². The van der Waals surface area contributed by atoms with Crippen molar-refractivity contribution in [3.63, 3.8) is 0 Å². The van der Waals surface area contributed by atoms with E-state index in [9.17, 15) is 0 Å². The van der Waals surface area contributed by atoms with E-state index in [-0.39, 0.29) is 0 Å². The highest BCUT2D eigenvalue weighted by atomic mass is 32.2. The number of hydrogen-bond acceptors (Lipinski definition) is 2. The average Bonchev–Trinajstić information content (AvgIpc) is 2.41. The summed E-state index contributed by atoms with van der Waals surface area (Å²) in [5.74, 6) is 1.25. The van der Waals surface area contributed by atoms with Crippen LogP contribution in [-0.4, -0.2) is 17.0 Å². The van der Waals surface area contributed by atoms with E-state index in [0.29, 0.717) is 6.04 Å². The lowest BCUT2D eigenvalue weighted by atomic mass is 10.3. The molecule has 0 radical (unpaired) electrons. The number of hydrogen-bond donors (Lipinski definition) is 1. The third-order valence-electron chi connectivity index (χ3n) is 1.83. The van der Waals surface area contributed by atoms with Gasteiger partial charge in [0.15, 0.2) is 0 Å². The van der Waals surface area contributed by atoms with Gasteiger partial charge in [0.05, 0.1) is 0 Å². The molecule has 0 aromatic carbocycles. The fraction of sp³-hybridized carbons (Fsp3) is 1.00. The summed E-state index contributed by atoms with van der Waals surface area (Å²) in [5, 5.41) is 0.880. The molecule has 68 valence electrons. The summed E-state index contributed by atoms with van der Waals surface area (Å²) >= 11 is 2.06. The predicted molar refractivity (Wildman–Crippen MR) is 55.1 cm³/mol. The van der Waals surface area contributed by atoms with Gasteiger partial charge >= 0.3 is 0 Å². The lowest BCUT2D eigenvalue weighted by molar-refractivity contribution is 0.706. The highest BCUT2D eigenvalue weighted by Gasteiger charge is 2.20. The maximum atomic E-state index is 5.74. The van der Waals surface area contributed by atoms with Crippen LogP contribution in [0.25, 0.3) is 0 Å². The summed E-state index contributed by atoms with van der Waals surface area (Å²) in [6, 6.07) is 0.508. The third kappa shape index (κ3) is 4.70. The molecule has 0 aliphatic heterocycles. The molecule has 0 heterocycles. The van der Waals surface area contributed by atoms with Crippen LogP contribution in [-0.2, 0) is 0 Å². The van der Waals surface area contributed by atoms with Crippen molar-refractivity contribution in [1.29, 1.82) is 0 Å². The van der Waals surface area contributed by atoms with Gasteiger partial charge in [-0.1, -0.05) is 20.8 Å². The van der Waals surface area contributed by atoms with Crippen molar-refractivity contribution in [1.82, 2.24) is 0 Å². The Balaban J connectivity index is 0.000000461. The Kier molecular flexibility index (Phi) is 7.18. The minimum atomic E-state index is 0.508. The second-order valence-electron chi connectivity index (χ2n) is 2.65. The molecule has 2 heteroatoms. The fourth-order valence-corrected chi connectivity index (χ4v) is 2.52. The predicted octanol–water partition coefficient (Wildman–Crippen LogP) is 2.65. The van der Waals surface area contributed by atoms with Crippen molar-refractivity contribution >= 4 is 11.8 Å². The first-order valence-electron chi connectivity index (χ1n) is 4.70. The molecule has 2 unspecified atom stereocenters.